The Morgan fingerprint density at radius 3 is 2.93 bits per heavy atom. The highest BCUT2D eigenvalue weighted by atomic mass is 16.5. The summed E-state index contributed by atoms with van der Waals surface area (Å²) in [6, 6.07) is 12.7. The molecule has 0 saturated carbocycles. The quantitative estimate of drug-likeness (QED) is 0.543. The maximum atomic E-state index is 13.1. The van der Waals surface area contributed by atoms with Crippen molar-refractivity contribution in [2.24, 2.45) is 0 Å². The van der Waals surface area contributed by atoms with E-state index in [4.69, 9.17) is 4.74 Å². The van der Waals surface area contributed by atoms with Gasteiger partial charge in [-0.25, -0.2) is 0 Å². The molecule has 1 fully saturated rings. The molecule has 0 unspecified atom stereocenters. The van der Waals surface area contributed by atoms with Crippen molar-refractivity contribution in [3.8, 4) is 0 Å². The highest BCUT2D eigenvalue weighted by molar-refractivity contribution is 5.84. The summed E-state index contributed by atoms with van der Waals surface area (Å²) in [6.07, 6.45) is 11.6. The summed E-state index contributed by atoms with van der Waals surface area (Å²) >= 11 is 0. The number of hydrogen-bond donors (Lipinski definition) is 0. The number of aromatic nitrogens is 2. The largest absolute Gasteiger partial charge is 0.383 e. The number of carbonyl (C=O) groups excluding carboxylic acids is 1. The van der Waals surface area contributed by atoms with E-state index in [9.17, 15) is 4.79 Å². The lowest BCUT2D eigenvalue weighted by molar-refractivity contribution is -0.135. The number of nitrogens with zero attached hydrogens (tertiary/aromatic N) is 3. The van der Waals surface area contributed by atoms with Crippen molar-refractivity contribution in [1.82, 2.24) is 14.5 Å². The molecule has 3 heterocycles. The number of pyridine rings is 1. The summed E-state index contributed by atoms with van der Waals surface area (Å²) < 4.78 is 7.52. The summed E-state index contributed by atoms with van der Waals surface area (Å²) in [5, 5.41) is 1.28. The van der Waals surface area contributed by atoms with Crippen LogP contribution in [-0.2, 0) is 22.5 Å². The lowest BCUT2D eigenvalue weighted by atomic mass is 9.95. The molecular formula is C25H31N3O2. The number of aryl methyl sites for hydroxylation is 1. The topological polar surface area (TPSA) is 47.4 Å². The van der Waals surface area contributed by atoms with Gasteiger partial charge in [-0.3, -0.25) is 9.78 Å². The van der Waals surface area contributed by atoms with Gasteiger partial charge < -0.3 is 14.2 Å². The molecule has 1 amide bonds. The number of carbonyl (C=O) groups is 1. The smallest absolute Gasteiger partial charge is 0.223 e. The van der Waals surface area contributed by atoms with Crippen LogP contribution in [0.15, 0.2) is 55.0 Å². The first-order valence-electron chi connectivity index (χ1n) is 11.0. The number of methoxy groups -OCH3 is 1. The molecule has 1 atom stereocenters. The van der Waals surface area contributed by atoms with Gasteiger partial charge in [-0.05, 0) is 55.4 Å². The predicted molar refractivity (Wildman–Crippen MR) is 119 cm³/mol. The minimum atomic E-state index is 0.177. The zero-order valence-electron chi connectivity index (χ0n) is 17.8. The molecule has 0 N–H and O–H groups in total. The third-order valence-electron chi connectivity index (χ3n) is 6.14. The number of amides is 1. The van der Waals surface area contributed by atoms with Crippen molar-refractivity contribution in [3.63, 3.8) is 0 Å². The van der Waals surface area contributed by atoms with Crippen LogP contribution in [0.2, 0.25) is 0 Å². The van der Waals surface area contributed by atoms with Crippen LogP contribution in [0.1, 0.15) is 49.3 Å². The van der Waals surface area contributed by atoms with E-state index in [2.05, 4.69) is 51.0 Å². The van der Waals surface area contributed by atoms with Crippen molar-refractivity contribution in [3.05, 3.63) is 66.1 Å². The summed E-state index contributed by atoms with van der Waals surface area (Å²) in [7, 11) is 1.73. The van der Waals surface area contributed by atoms with Gasteiger partial charge in [-0.1, -0.05) is 24.3 Å². The van der Waals surface area contributed by atoms with Gasteiger partial charge in [0.25, 0.3) is 0 Å². The molecule has 158 valence electrons. The van der Waals surface area contributed by atoms with Crippen LogP contribution in [0.4, 0.5) is 0 Å². The van der Waals surface area contributed by atoms with E-state index in [1.54, 1.807) is 13.3 Å². The summed E-state index contributed by atoms with van der Waals surface area (Å²) in [5.41, 5.74) is 3.72. The molecule has 4 rings (SSSR count). The Morgan fingerprint density at radius 2 is 2.10 bits per heavy atom. The van der Waals surface area contributed by atoms with Gasteiger partial charge in [0, 0.05) is 56.1 Å². The van der Waals surface area contributed by atoms with Crippen LogP contribution < -0.4 is 0 Å². The standard InChI is InChI=1S/C25H31N3O2/c1-30-17-16-27-19-21(22-10-2-3-12-24(22)27)8-6-13-25(29)28-15-5-4-11-23(28)20-9-7-14-26-18-20/h2-3,7,9-10,12,14,18-19,23H,4-6,8,11,13,15-17H2,1H3/t23-/m0/s1. The second-order valence-electron chi connectivity index (χ2n) is 8.10. The molecule has 5 nitrogen and oxygen atoms in total. The number of piperidine rings is 1. The zero-order valence-corrected chi connectivity index (χ0v) is 17.8. The molecule has 0 radical (unpaired) electrons. The minimum Gasteiger partial charge on any atom is -0.383 e. The van der Waals surface area contributed by atoms with Crippen molar-refractivity contribution in [1.29, 1.82) is 0 Å². The molecule has 0 aliphatic carbocycles. The number of hydrogen-bond acceptors (Lipinski definition) is 3. The van der Waals surface area contributed by atoms with Gasteiger partial charge in [0.2, 0.25) is 5.91 Å². The fourth-order valence-electron chi connectivity index (χ4n) is 4.62. The number of fused-ring (bicyclic) bond motifs is 1. The Morgan fingerprint density at radius 1 is 1.20 bits per heavy atom. The lowest BCUT2D eigenvalue weighted by Gasteiger charge is -2.36. The van der Waals surface area contributed by atoms with Crippen LogP contribution in [0.5, 0.6) is 0 Å². The highest BCUT2D eigenvalue weighted by Gasteiger charge is 2.27. The Bertz CT molecular complexity index is 967. The molecule has 1 saturated heterocycles. The molecule has 0 spiro atoms. The average Bonchev–Trinajstić information content (AvgIpc) is 3.16. The van der Waals surface area contributed by atoms with E-state index < -0.39 is 0 Å². The van der Waals surface area contributed by atoms with Crippen LogP contribution in [0.25, 0.3) is 10.9 Å². The van der Waals surface area contributed by atoms with E-state index in [0.29, 0.717) is 13.0 Å². The second-order valence-corrected chi connectivity index (χ2v) is 8.10. The maximum Gasteiger partial charge on any atom is 0.223 e. The van der Waals surface area contributed by atoms with Crippen molar-refractivity contribution < 1.29 is 9.53 Å². The van der Waals surface area contributed by atoms with Gasteiger partial charge >= 0.3 is 0 Å². The SMILES string of the molecule is COCCn1cc(CCCC(=O)N2CCCC[C@H]2c2cccnc2)c2ccccc21. The molecule has 3 aromatic rings. The van der Waals surface area contributed by atoms with Crippen molar-refractivity contribution in [2.75, 3.05) is 20.3 Å². The van der Waals surface area contributed by atoms with Gasteiger partial charge in [-0.15, -0.1) is 0 Å². The molecule has 30 heavy (non-hydrogen) atoms. The zero-order chi connectivity index (χ0) is 20.8. The number of para-hydroxylation sites is 1. The minimum absolute atomic E-state index is 0.177. The Kier molecular flexibility index (Phi) is 6.80. The summed E-state index contributed by atoms with van der Waals surface area (Å²) in [5.74, 6) is 0.270. The third-order valence-corrected chi connectivity index (χ3v) is 6.14. The second kappa shape index (κ2) is 9.90. The first kappa shape index (κ1) is 20.6. The molecule has 1 aliphatic heterocycles. The van der Waals surface area contributed by atoms with Crippen LogP contribution >= 0.6 is 0 Å². The predicted octanol–water partition coefficient (Wildman–Crippen LogP) is 4.76. The first-order chi connectivity index (χ1) is 14.8. The van der Waals surface area contributed by atoms with E-state index in [1.807, 2.05) is 12.3 Å². The maximum absolute atomic E-state index is 13.1. The Balaban J connectivity index is 1.41. The van der Waals surface area contributed by atoms with Crippen molar-refractivity contribution >= 4 is 16.8 Å². The average molecular weight is 406 g/mol. The van der Waals surface area contributed by atoms with Gasteiger partial charge in [0.05, 0.1) is 12.6 Å². The van der Waals surface area contributed by atoms with Gasteiger partial charge in [0.15, 0.2) is 0 Å². The monoisotopic (exact) mass is 405 g/mol. The molecule has 1 aliphatic rings. The number of ether oxygens (including phenoxy) is 1. The molecule has 0 bridgehead atoms. The van der Waals surface area contributed by atoms with Crippen LogP contribution in [0.3, 0.4) is 0 Å². The van der Waals surface area contributed by atoms with E-state index in [1.165, 1.54) is 22.9 Å². The first-order valence-corrected chi connectivity index (χ1v) is 11.0. The summed E-state index contributed by atoms with van der Waals surface area (Å²) in [6.45, 7) is 2.40. The van der Waals surface area contributed by atoms with Crippen LogP contribution in [0, 0.1) is 0 Å². The normalized spacial score (nSPS) is 16.8. The van der Waals surface area contributed by atoms with Crippen molar-refractivity contribution in [2.45, 2.75) is 51.1 Å². The van der Waals surface area contributed by atoms with Crippen LogP contribution in [-0.4, -0.2) is 40.6 Å². The van der Waals surface area contributed by atoms with E-state index in [0.717, 1.165) is 44.3 Å². The Labute approximate surface area is 178 Å². The molecular weight excluding hydrogens is 374 g/mol. The van der Waals surface area contributed by atoms with Gasteiger partial charge in [-0.2, -0.15) is 0 Å². The summed E-state index contributed by atoms with van der Waals surface area (Å²) in [4.78, 5) is 19.4. The van der Waals surface area contributed by atoms with Gasteiger partial charge in [0.1, 0.15) is 0 Å². The number of rotatable bonds is 8. The van der Waals surface area contributed by atoms with E-state index in [-0.39, 0.29) is 11.9 Å². The third kappa shape index (κ3) is 4.57. The molecule has 5 heteroatoms. The fourth-order valence-corrected chi connectivity index (χ4v) is 4.62. The molecule has 1 aromatic carbocycles. The molecule has 2 aromatic heterocycles. The van der Waals surface area contributed by atoms with E-state index >= 15 is 0 Å². The number of likely N-dealkylation sites (tertiary alicyclic amines) is 1. The number of benzene rings is 1. The lowest BCUT2D eigenvalue weighted by Crippen LogP contribution is -2.38. The highest BCUT2D eigenvalue weighted by Crippen LogP contribution is 2.31. The fraction of sp³-hybridized carbons (Fsp3) is 0.440. The Hall–Kier alpha value is -2.66.